The van der Waals surface area contributed by atoms with Gasteiger partial charge in [0.1, 0.15) is 11.5 Å². The highest BCUT2D eigenvalue weighted by Gasteiger charge is 2.39. The first kappa shape index (κ1) is 21.7. The van der Waals surface area contributed by atoms with Crippen molar-refractivity contribution in [3.63, 3.8) is 0 Å². The van der Waals surface area contributed by atoms with Crippen LogP contribution in [0.15, 0.2) is 48.5 Å². The number of likely N-dealkylation sites (tertiary alicyclic amines) is 1. The van der Waals surface area contributed by atoms with Crippen LogP contribution in [0.3, 0.4) is 0 Å². The number of carbonyl (C=O) groups excluding carboxylic acids is 2. The third kappa shape index (κ3) is 5.12. The summed E-state index contributed by atoms with van der Waals surface area (Å²) in [5.74, 6) is 1.42. The van der Waals surface area contributed by atoms with Crippen LogP contribution in [0.4, 0.5) is 0 Å². The first-order valence-corrected chi connectivity index (χ1v) is 10.4. The zero-order chi connectivity index (χ0) is 21.6. The first-order chi connectivity index (χ1) is 14.4. The van der Waals surface area contributed by atoms with Crippen molar-refractivity contribution >= 4 is 11.8 Å². The Morgan fingerprint density at radius 2 is 1.90 bits per heavy atom. The summed E-state index contributed by atoms with van der Waals surface area (Å²) in [6.07, 6.45) is 1.55. The molecule has 6 heteroatoms. The van der Waals surface area contributed by atoms with E-state index in [1.807, 2.05) is 38.1 Å². The van der Waals surface area contributed by atoms with E-state index in [9.17, 15) is 9.59 Å². The summed E-state index contributed by atoms with van der Waals surface area (Å²) in [5.41, 5.74) is 0.974. The number of rotatable bonds is 7. The number of methoxy groups -OCH3 is 1. The Balaban J connectivity index is 1.62. The van der Waals surface area contributed by atoms with Crippen molar-refractivity contribution in [2.45, 2.75) is 33.2 Å². The lowest BCUT2D eigenvalue weighted by molar-refractivity contribution is -0.132. The average molecular weight is 411 g/mol. The van der Waals surface area contributed by atoms with E-state index in [2.05, 4.69) is 5.32 Å². The maximum Gasteiger partial charge on any atom is 0.253 e. The summed E-state index contributed by atoms with van der Waals surface area (Å²) in [5, 5.41) is 3.03. The van der Waals surface area contributed by atoms with Gasteiger partial charge in [-0.2, -0.15) is 0 Å². The summed E-state index contributed by atoms with van der Waals surface area (Å²) >= 11 is 0. The van der Waals surface area contributed by atoms with Crippen LogP contribution in [0, 0.1) is 5.41 Å². The van der Waals surface area contributed by atoms with E-state index in [1.165, 1.54) is 0 Å². The Bertz CT molecular complexity index is 881. The predicted molar refractivity (Wildman–Crippen MR) is 116 cm³/mol. The number of amides is 2. The highest BCUT2D eigenvalue weighted by Crippen LogP contribution is 2.31. The molecule has 2 amide bonds. The van der Waals surface area contributed by atoms with E-state index >= 15 is 0 Å². The van der Waals surface area contributed by atoms with Gasteiger partial charge >= 0.3 is 0 Å². The van der Waals surface area contributed by atoms with Crippen LogP contribution in [0.5, 0.6) is 11.5 Å². The molecule has 1 heterocycles. The van der Waals surface area contributed by atoms with Crippen LogP contribution in [0.1, 0.15) is 42.6 Å². The van der Waals surface area contributed by atoms with Crippen molar-refractivity contribution < 1.29 is 19.1 Å². The van der Waals surface area contributed by atoms with Gasteiger partial charge in [0.15, 0.2) is 0 Å². The van der Waals surface area contributed by atoms with Crippen molar-refractivity contribution in [1.29, 1.82) is 0 Å². The number of nitrogens with zero attached hydrogens (tertiary/aromatic N) is 1. The molecule has 2 aromatic carbocycles. The first-order valence-electron chi connectivity index (χ1n) is 10.4. The number of piperidine rings is 1. The molecular weight excluding hydrogens is 380 g/mol. The highest BCUT2D eigenvalue weighted by molar-refractivity contribution is 5.95. The fourth-order valence-electron chi connectivity index (χ4n) is 3.82. The lowest BCUT2D eigenvalue weighted by atomic mass is 9.80. The number of carbonyl (C=O) groups is 2. The van der Waals surface area contributed by atoms with Gasteiger partial charge in [-0.15, -0.1) is 0 Å². The Hall–Kier alpha value is -3.02. The van der Waals surface area contributed by atoms with E-state index < -0.39 is 5.41 Å². The van der Waals surface area contributed by atoms with Crippen LogP contribution in [-0.2, 0) is 11.3 Å². The number of hydrogen-bond acceptors (Lipinski definition) is 4. The molecule has 0 spiro atoms. The normalized spacial score (nSPS) is 18.6. The summed E-state index contributed by atoms with van der Waals surface area (Å²) in [6, 6.07) is 14.8. The topological polar surface area (TPSA) is 67.9 Å². The van der Waals surface area contributed by atoms with E-state index in [0.717, 1.165) is 29.9 Å². The van der Waals surface area contributed by atoms with E-state index in [0.29, 0.717) is 31.8 Å². The van der Waals surface area contributed by atoms with Gasteiger partial charge in [0, 0.05) is 25.2 Å². The molecule has 0 radical (unpaired) electrons. The molecule has 0 saturated carbocycles. The molecule has 1 N–H and O–H groups in total. The summed E-state index contributed by atoms with van der Waals surface area (Å²) in [6.45, 7) is 5.94. The quantitative estimate of drug-likeness (QED) is 0.757. The Labute approximate surface area is 178 Å². The maximum absolute atomic E-state index is 13.0. The van der Waals surface area contributed by atoms with E-state index in [-0.39, 0.29) is 11.8 Å². The third-order valence-corrected chi connectivity index (χ3v) is 5.53. The fourth-order valence-corrected chi connectivity index (χ4v) is 3.82. The van der Waals surface area contributed by atoms with Gasteiger partial charge in [0.25, 0.3) is 5.91 Å². The van der Waals surface area contributed by atoms with Crippen LogP contribution >= 0.6 is 0 Å². The van der Waals surface area contributed by atoms with Gasteiger partial charge in [-0.25, -0.2) is 0 Å². The number of ether oxygens (including phenoxy) is 2. The molecule has 1 unspecified atom stereocenters. The van der Waals surface area contributed by atoms with Gasteiger partial charge in [-0.1, -0.05) is 12.1 Å². The zero-order valence-corrected chi connectivity index (χ0v) is 17.9. The average Bonchev–Trinajstić information content (AvgIpc) is 2.78. The van der Waals surface area contributed by atoms with Crippen molar-refractivity contribution in [2.75, 3.05) is 26.8 Å². The molecule has 6 nitrogen and oxygen atoms in total. The van der Waals surface area contributed by atoms with Gasteiger partial charge in [0.05, 0.1) is 19.1 Å². The number of nitrogens with one attached hydrogen (secondary N) is 1. The largest absolute Gasteiger partial charge is 0.497 e. The number of hydrogen-bond donors (Lipinski definition) is 1. The molecule has 2 aromatic rings. The minimum absolute atomic E-state index is 0.0329. The summed E-state index contributed by atoms with van der Waals surface area (Å²) < 4.78 is 10.7. The SMILES string of the molecule is CCOc1ccc(C(=O)N2CCCC(C)(C(=O)NCc3cccc(OC)c3)C2)cc1. The highest BCUT2D eigenvalue weighted by atomic mass is 16.5. The van der Waals surface area contributed by atoms with Crippen molar-refractivity contribution in [3.8, 4) is 11.5 Å². The van der Waals surface area contributed by atoms with Crippen LogP contribution in [0.2, 0.25) is 0 Å². The van der Waals surface area contributed by atoms with Crippen LogP contribution in [0.25, 0.3) is 0 Å². The van der Waals surface area contributed by atoms with Crippen molar-refractivity contribution in [3.05, 3.63) is 59.7 Å². The number of benzene rings is 2. The summed E-state index contributed by atoms with van der Waals surface area (Å²) in [7, 11) is 1.62. The Morgan fingerprint density at radius 3 is 2.60 bits per heavy atom. The fraction of sp³-hybridized carbons (Fsp3) is 0.417. The van der Waals surface area contributed by atoms with E-state index in [4.69, 9.17) is 9.47 Å². The molecule has 1 fully saturated rings. The summed E-state index contributed by atoms with van der Waals surface area (Å²) in [4.78, 5) is 27.7. The lowest BCUT2D eigenvalue weighted by Crippen LogP contribution is -2.51. The van der Waals surface area contributed by atoms with Gasteiger partial charge in [-0.05, 0) is 68.7 Å². The molecule has 0 bridgehead atoms. The molecule has 3 rings (SSSR count). The smallest absolute Gasteiger partial charge is 0.253 e. The maximum atomic E-state index is 13.0. The zero-order valence-electron chi connectivity index (χ0n) is 17.9. The van der Waals surface area contributed by atoms with Gasteiger partial charge < -0.3 is 19.7 Å². The second-order valence-corrected chi connectivity index (χ2v) is 7.88. The van der Waals surface area contributed by atoms with Crippen LogP contribution < -0.4 is 14.8 Å². The molecule has 1 aliphatic heterocycles. The standard InChI is InChI=1S/C24H30N2O4/c1-4-30-20-11-9-19(10-12-20)22(27)26-14-6-13-24(2,17-26)23(28)25-16-18-7-5-8-21(15-18)29-3/h5,7-12,15H,4,6,13-14,16-17H2,1-3H3,(H,25,28). The molecular formula is C24H30N2O4. The molecule has 0 aromatic heterocycles. The van der Waals surface area contributed by atoms with Crippen LogP contribution in [-0.4, -0.2) is 43.5 Å². The molecule has 1 saturated heterocycles. The lowest BCUT2D eigenvalue weighted by Gasteiger charge is -2.39. The second kappa shape index (κ2) is 9.65. The molecule has 0 aliphatic carbocycles. The second-order valence-electron chi connectivity index (χ2n) is 7.88. The van der Waals surface area contributed by atoms with Gasteiger partial charge in [-0.3, -0.25) is 9.59 Å². The molecule has 160 valence electrons. The third-order valence-electron chi connectivity index (χ3n) is 5.53. The Morgan fingerprint density at radius 1 is 1.13 bits per heavy atom. The Kier molecular flexibility index (Phi) is 6.98. The molecule has 30 heavy (non-hydrogen) atoms. The predicted octanol–water partition coefficient (Wildman–Crippen LogP) is 3.65. The molecule has 1 aliphatic rings. The molecule has 1 atom stereocenters. The minimum Gasteiger partial charge on any atom is -0.497 e. The van der Waals surface area contributed by atoms with E-state index in [1.54, 1.807) is 36.3 Å². The van der Waals surface area contributed by atoms with Gasteiger partial charge in [0.2, 0.25) is 5.91 Å². The monoisotopic (exact) mass is 410 g/mol. The van der Waals surface area contributed by atoms with Crippen molar-refractivity contribution in [1.82, 2.24) is 10.2 Å². The minimum atomic E-state index is -0.613. The van der Waals surface area contributed by atoms with Crippen molar-refractivity contribution in [2.24, 2.45) is 5.41 Å².